The number of carboxylic acid groups (broad SMARTS) is 1. The van der Waals surface area contributed by atoms with E-state index in [1.54, 1.807) is 16.7 Å². The summed E-state index contributed by atoms with van der Waals surface area (Å²) < 4.78 is 12.6. The van der Waals surface area contributed by atoms with Gasteiger partial charge in [-0.05, 0) is 36.3 Å². The Morgan fingerprint density at radius 2 is 1.90 bits per heavy atom. The second-order valence-electron chi connectivity index (χ2n) is 12.1. The second-order valence-corrected chi connectivity index (χ2v) is 12.1. The van der Waals surface area contributed by atoms with Crippen LogP contribution in [0.1, 0.15) is 62.8 Å². The normalized spacial score (nSPS) is 19.7. The zero-order valence-corrected chi connectivity index (χ0v) is 24.8. The summed E-state index contributed by atoms with van der Waals surface area (Å²) >= 11 is 0. The number of carbonyl (C=O) groups is 2. The van der Waals surface area contributed by atoms with Gasteiger partial charge in [0.25, 0.3) is 5.91 Å². The van der Waals surface area contributed by atoms with E-state index in [0.29, 0.717) is 31.9 Å². The van der Waals surface area contributed by atoms with Crippen LogP contribution in [0.2, 0.25) is 0 Å². The van der Waals surface area contributed by atoms with E-state index in [-0.39, 0.29) is 54.7 Å². The van der Waals surface area contributed by atoms with Crippen LogP contribution in [0.15, 0.2) is 24.3 Å². The summed E-state index contributed by atoms with van der Waals surface area (Å²) in [4.78, 5) is 29.8. The first-order valence-corrected chi connectivity index (χ1v) is 13.9. The summed E-state index contributed by atoms with van der Waals surface area (Å²) in [6, 6.07) is 6.88. The predicted molar refractivity (Wildman–Crippen MR) is 150 cm³/mol. The maximum Gasteiger partial charge on any atom is 0.407 e. The minimum absolute atomic E-state index is 0.0958. The Hall–Kier alpha value is -3.02. The van der Waals surface area contributed by atoms with Crippen molar-refractivity contribution in [1.29, 1.82) is 0 Å². The third-order valence-corrected chi connectivity index (χ3v) is 7.38. The maximum atomic E-state index is 14.3. The summed E-state index contributed by atoms with van der Waals surface area (Å²) in [7, 11) is 1.59. The van der Waals surface area contributed by atoms with Gasteiger partial charge < -0.3 is 29.5 Å². The van der Waals surface area contributed by atoms with Gasteiger partial charge in [-0.1, -0.05) is 58.0 Å². The van der Waals surface area contributed by atoms with E-state index >= 15 is 0 Å². The molecule has 2 heterocycles. The van der Waals surface area contributed by atoms with E-state index in [2.05, 4.69) is 10.3 Å². The lowest BCUT2D eigenvalue weighted by molar-refractivity contribution is -0.0304. The number of amides is 2. The average Bonchev–Trinajstić information content (AvgIpc) is 3.31. The number of benzene rings is 1. The molecule has 3 atom stereocenters. The number of likely N-dealkylation sites (tertiary alicyclic amines) is 1. The molecule has 1 aromatic carbocycles. The molecule has 0 saturated carbocycles. The van der Waals surface area contributed by atoms with Crippen molar-refractivity contribution in [1.82, 2.24) is 24.8 Å². The van der Waals surface area contributed by atoms with Gasteiger partial charge in [-0.3, -0.25) is 4.79 Å². The van der Waals surface area contributed by atoms with Gasteiger partial charge in [0.1, 0.15) is 5.69 Å². The Labute approximate surface area is 237 Å². The van der Waals surface area contributed by atoms with Crippen molar-refractivity contribution in [3.05, 3.63) is 41.2 Å². The fraction of sp³-hybridized carbons (Fsp3) is 0.655. The molecular weight excluding hydrogens is 514 g/mol. The molecule has 1 unspecified atom stereocenters. The lowest BCUT2D eigenvalue weighted by Crippen LogP contribution is -2.62. The number of aryl methyl sites for hydroxylation is 1. The van der Waals surface area contributed by atoms with Crippen molar-refractivity contribution < 1.29 is 29.3 Å². The fourth-order valence-corrected chi connectivity index (χ4v) is 5.75. The Balaban J connectivity index is 2.04. The highest BCUT2D eigenvalue weighted by Gasteiger charge is 2.46. The Morgan fingerprint density at radius 3 is 2.48 bits per heavy atom. The van der Waals surface area contributed by atoms with Gasteiger partial charge in [0.05, 0.1) is 31.5 Å². The summed E-state index contributed by atoms with van der Waals surface area (Å²) in [5.74, 6) is -0.542. The minimum atomic E-state index is -1.06. The number of carbonyl (C=O) groups excluding carboxylic acids is 1. The number of aliphatic hydroxyl groups is 1. The van der Waals surface area contributed by atoms with Crippen LogP contribution >= 0.6 is 0 Å². The summed E-state index contributed by atoms with van der Waals surface area (Å²) in [6.45, 7) is 13.1. The lowest BCUT2D eigenvalue weighted by Gasteiger charge is -2.51. The Kier molecular flexibility index (Phi) is 10.7. The average molecular weight is 560 g/mol. The van der Waals surface area contributed by atoms with Crippen LogP contribution in [0.3, 0.4) is 0 Å². The molecule has 11 heteroatoms. The molecule has 2 aromatic rings. The maximum absolute atomic E-state index is 14.3. The third-order valence-electron chi connectivity index (χ3n) is 7.38. The molecule has 40 heavy (non-hydrogen) atoms. The number of para-hydroxylation sites is 1. The first-order chi connectivity index (χ1) is 18.9. The number of aliphatic hydroxyl groups excluding tert-OH is 1. The van der Waals surface area contributed by atoms with E-state index in [4.69, 9.17) is 9.47 Å². The zero-order chi connectivity index (χ0) is 29.6. The number of hydrogen-bond donors (Lipinski definition) is 2. The molecule has 0 bridgehead atoms. The van der Waals surface area contributed by atoms with Gasteiger partial charge >= 0.3 is 6.09 Å². The molecule has 0 radical (unpaired) electrons. The zero-order valence-electron chi connectivity index (χ0n) is 24.8. The smallest absolute Gasteiger partial charge is 0.407 e. The van der Waals surface area contributed by atoms with Crippen molar-refractivity contribution in [3.8, 4) is 5.69 Å². The molecule has 3 rings (SSSR count). The Morgan fingerprint density at radius 1 is 1.20 bits per heavy atom. The summed E-state index contributed by atoms with van der Waals surface area (Å²) in [5, 5.41) is 29.2. The van der Waals surface area contributed by atoms with Gasteiger partial charge in [-0.15, -0.1) is 5.10 Å². The Bertz CT molecular complexity index is 1140. The second kappa shape index (κ2) is 13.6. The third kappa shape index (κ3) is 7.18. The number of rotatable bonds is 11. The number of hydrogen-bond acceptors (Lipinski definition) is 7. The summed E-state index contributed by atoms with van der Waals surface area (Å²) in [6.07, 6.45) is -0.579. The number of methoxy groups -OCH3 is 1. The molecular formula is C29H45N5O6. The summed E-state index contributed by atoms with van der Waals surface area (Å²) in [5.41, 5.74) is 2.06. The van der Waals surface area contributed by atoms with Crippen LogP contribution in [-0.2, 0) is 16.1 Å². The molecule has 0 spiro atoms. The lowest BCUT2D eigenvalue weighted by atomic mass is 9.73. The van der Waals surface area contributed by atoms with Crippen molar-refractivity contribution >= 4 is 12.0 Å². The number of aromatic nitrogens is 3. The van der Waals surface area contributed by atoms with Crippen LogP contribution < -0.4 is 0 Å². The van der Waals surface area contributed by atoms with Crippen molar-refractivity contribution in [3.63, 3.8) is 0 Å². The van der Waals surface area contributed by atoms with E-state index in [0.717, 1.165) is 11.3 Å². The molecule has 2 N–H and O–H groups in total. The van der Waals surface area contributed by atoms with Gasteiger partial charge in [0.2, 0.25) is 0 Å². The predicted octanol–water partition coefficient (Wildman–Crippen LogP) is 3.61. The largest absolute Gasteiger partial charge is 0.465 e. The number of piperidine rings is 1. The molecule has 0 aliphatic carbocycles. The van der Waals surface area contributed by atoms with Crippen molar-refractivity contribution in [2.24, 2.45) is 17.3 Å². The first kappa shape index (κ1) is 31.5. The van der Waals surface area contributed by atoms with Crippen LogP contribution in [0.25, 0.3) is 5.69 Å². The van der Waals surface area contributed by atoms with Crippen molar-refractivity contribution in [2.75, 3.05) is 40.0 Å². The van der Waals surface area contributed by atoms with Crippen LogP contribution in [0.4, 0.5) is 4.79 Å². The molecule has 1 saturated heterocycles. The molecule has 1 fully saturated rings. The van der Waals surface area contributed by atoms with E-state index in [1.165, 1.54) is 4.90 Å². The molecule has 11 nitrogen and oxygen atoms in total. The molecule has 1 aromatic heterocycles. The van der Waals surface area contributed by atoms with E-state index in [9.17, 15) is 19.8 Å². The van der Waals surface area contributed by atoms with Crippen molar-refractivity contribution in [2.45, 2.75) is 66.7 Å². The van der Waals surface area contributed by atoms with Crippen LogP contribution in [0.5, 0.6) is 0 Å². The highest BCUT2D eigenvalue weighted by Crippen LogP contribution is 2.38. The standard InChI is InChI=1S/C29H45N5O6/c1-19(2)15-32(22-14-21(17-35)26(29(4,5)6)33(16-22)28(37)38)27(36)25-24(18-40-13-12-39-7)34(31-30-25)23-11-9-8-10-20(23)3/h8-11,19,21-22,26,35H,12-18H2,1-7H3,(H,37,38)/t21-,22-,26?/m0/s1. The quantitative estimate of drug-likeness (QED) is 0.400. The van der Waals surface area contributed by atoms with E-state index < -0.39 is 12.1 Å². The molecule has 1 aliphatic heterocycles. The molecule has 2 amide bonds. The van der Waals surface area contributed by atoms with E-state index in [1.807, 2.05) is 65.8 Å². The topological polar surface area (TPSA) is 130 Å². The SMILES string of the molecule is COCCOCc1c(C(=O)N(CC(C)C)[C@H]2C[C@@H](CO)C(C(C)(C)C)N(C(=O)O)C2)nnn1-c1ccccc1C. The van der Waals surface area contributed by atoms with Crippen LogP contribution in [-0.4, -0.2) is 99.1 Å². The van der Waals surface area contributed by atoms with Gasteiger partial charge in [-0.2, -0.15) is 0 Å². The highest BCUT2D eigenvalue weighted by atomic mass is 16.5. The number of nitrogens with zero attached hydrogens (tertiary/aromatic N) is 5. The monoisotopic (exact) mass is 559 g/mol. The van der Waals surface area contributed by atoms with Crippen LogP contribution in [0, 0.1) is 24.2 Å². The van der Waals surface area contributed by atoms with Gasteiger partial charge in [-0.25, -0.2) is 9.48 Å². The molecule has 1 aliphatic rings. The minimum Gasteiger partial charge on any atom is -0.465 e. The molecule has 222 valence electrons. The highest BCUT2D eigenvalue weighted by molar-refractivity contribution is 5.93. The number of ether oxygens (including phenoxy) is 2. The van der Waals surface area contributed by atoms with Gasteiger partial charge in [0.15, 0.2) is 5.69 Å². The van der Waals surface area contributed by atoms with Gasteiger partial charge in [0, 0.05) is 38.8 Å². The fourth-order valence-electron chi connectivity index (χ4n) is 5.75. The first-order valence-electron chi connectivity index (χ1n) is 13.9.